The van der Waals surface area contributed by atoms with Crippen LogP contribution in [0.2, 0.25) is 0 Å². The molecule has 0 aromatic heterocycles. The Morgan fingerprint density at radius 2 is 1.81 bits per heavy atom. The molecule has 0 aliphatic carbocycles. The summed E-state index contributed by atoms with van der Waals surface area (Å²) in [4.78, 5) is 4.51. The van der Waals surface area contributed by atoms with Crippen molar-refractivity contribution in [3.05, 3.63) is 54.6 Å². The Labute approximate surface area is 150 Å². The standard InChI is InChI=1S/C18H20N6O2/c1-12-16(17(19)24(23-12)14-5-3-2-4-6-14)22-13-7-9-15(10-8-13)26-18(20,21)11-25/h2-10,19,25H,11,20-21H2,1H3. The molecular formula is C18H20N6O2. The lowest BCUT2D eigenvalue weighted by Gasteiger charge is -2.23. The fraction of sp³-hybridized carbons (Fsp3) is 0.167. The van der Waals surface area contributed by atoms with Crippen LogP contribution in [0.15, 0.2) is 64.7 Å². The van der Waals surface area contributed by atoms with Crippen molar-refractivity contribution < 1.29 is 9.84 Å². The van der Waals surface area contributed by atoms with E-state index in [-0.39, 0.29) is 5.84 Å². The lowest BCUT2D eigenvalue weighted by molar-refractivity contribution is 0.0198. The predicted molar refractivity (Wildman–Crippen MR) is 102 cm³/mol. The largest absolute Gasteiger partial charge is 0.458 e. The van der Waals surface area contributed by atoms with E-state index in [0.717, 1.165) is 5.69 Å². The summed E-state index contributed by atoms with van der Waals surface area (Å²) in [6, 6.07) is 16.2. The molecule has 0 unspecified atom stereocenters. The van der Waals surface area contributed by atoms with Crippen molar-refractivity contribution in [2.24, 2.45) is 21.6 Å². The third-order valence-electron chi connectivity index (χ3n) is 3.66. The van der Waals surface area contributed by atoms with Crippen LogP contribution in [0.1, 0.15) is 6.92 Å². The molecule has 1 aliphatic rings. The molecule has 8 heteroatoms. The average Bonchev–Trinajstić information content (AvgIpc) is 2.92. The lowest BCUT2D eigenvalue weighted by Crippen LogP contribution is -2.57. The minimum Gasteiger partial charge on any atom is -0.458 e. The summed E-state index contributed by atoms with van der Waals surface area (Å²) in [5.74, 6) is -1.02. The monoisotopic (exact) mass is 352 g/mol. The number of aliphatic hydroxyl groups is 1. The van der Waals surface area contributed by atoms with Crippen molar-refractivity contribution in [1.82, 2.24) is 0 Å². The Balaban J connectivity index is 1.80. The van der Waals surface area contributed by atoms with E-state index in [4.69, 9.17) is 26.7 Å². The van der Waals surface area contributed by atoms with E-state index < -0.39 is 12.5 Å². The minimum absolute atomic E-state index is 0.206. The van der Waals surface area contributed by atoms with Crippen molar-refractivity contribution in [2.45, 2.75) is 12.8 Å². The molecule has 134 valence electrons. The number of amidine groups is 1. The van der Waals surface area contributed by atoms with Crippen LogP contribution in [0.4, 0.5) is 11.4 Å². The normalized spacial score (nSPS) is 16.2. The van der Waals surface area contributed by atoms with E-state index in [9.17, 15) is 0 Å². The summed E-state index contributed by atoms with van der Waals surface area (Å²) in [7, 11) is 0. The van der Waals surface area contributed by atoms with Crippen LogP contribution in [-0.4, -0.2) is 34.8 Å². The molecule has 1 aliphatic heterocycles. The predicted octanol–water partition coefficient (Wildman–Crippen LogP) is 1.57. The van der Waals surface area contributed by atoms with Gasteiger partial charge in [0.15, 0.2) is 5.84 Å². The smallest absolute Gasteiger partial charge is 0.236 e. The minimum atomic E-state index is -1.64. The van der Waals surface area contributed by atoms with Crippen molar-refractivity contribution in [1.29, 1.82) is 5.41 Å². The molecule has 0 radical (unpaired) electrons. The first-order valence-electron chi connectivity index (χ1n) is 7.96. The van der Waals surface area contributed by atoms with Crippen LogP contribution in [0.5, 0.6) is 5.75 Å². The van der Waals surface area contributed by atoms with Crippen LogP contribution in [0.25, 0.3) is 0 Å². The Kier molecular flexibility index (Phi) is 4.81. The maximum atomic E-state index is 9.04. The van der Waals surface area contributed by atoms with Gasteiger partial charge in [-0.3, -0.25) is 16.9 Å². The Morgan fingerprint density at radius 1 is 1.15 bits per heavy atom. The average molecular weight is 352 g/mol. The number of nitrogens with two attached hydrogens (primary N) is 2. The molecule has 0 amide bonds. The number of nitrogens with one attached hydrogen (secondary N) is 1. The highest BCUT2D eigenvalue weighted by molar-refractivity contribution is 6.72. The van der Waals surface area contributed by atoms with Gasteiger partial charge in [-0.1, -0.05) is 18.2 Å². The van der Waals surface area contributed by atoms with Gasteiger partial charge in [-0.2, -0.15) is 5.10 Å². The molecule has 0 saturated carbocycles. The number of aliphatic hydroxyl groups excluding tert-OH is 1. The lowest BCUT2D eigenvalue weighted by atomic mass is 10.2. The van der Waals surface area contributed by atoms with Gasteiger partial charge in [0.25, 0.3) is 0 Å². The molecule has 1 heterocycles. The maximum absolute atomic E-state index is 9.04. The highest BCUT2D eigenvalue weighted by atomic mass is 16.5. The van der Waals surface area contributed by atoms with Gasteiger partial charge in [0.2, 0.25) is 5.85 Å². The Hall–Kier alpha value is -3.07. The molecule has 0 atom stereocenters. The molecule has 3 rings (SSSR count). The van der Waals surface area contributed by atoms with E-state index in [0.29, 0.717) is 22.9 Å². The van der Waals surface area contributed by atoms with E-state index in [1.165, 1.54) is 0 Å². The fourth-order valence-electron chi connectivity index (χ4n) is 2.38. The van der Waals surface area contributed by atoms with Crippen molar-refractivity contribution in [3.63, 3.8) is 0 Å². The molecule has 2 aromatic carbocycles. The molecule has 0 spiro atoms. The van der Waals surface area contributed by atoms with Crippen LogP contribution in [-0.2, 0) is 0 Å². The van der Waals surface area contributed by atoms with Gasteiger partial charge in [-0.25, -0.2) is 10.0 Å². The van der Waals surface area contributed by atoms with Gasteiger partial charge >= 0.3 is 0 Å². The molecule has 6 N–H and O–H groups in total. The third-order valence-corrected chi connectivity index (χ3v) is 3.66. The van der Waals surface area contributed by atoms with Crippen molar-refractivity contribution in [2.75, 3.05) is 11.6 Å². The van der Waals surface area contributed by atoms with E-state index in [1.54, 1.807) is 29.3 Å². The first-order valence-corrected chi connectivity index (χ1v) is 7.96. The van der Waals surface area contributed by atoms with Crippen LogP contribution in [0, 0.1) is 5.41 Å². The summed E-state index contributed by atoms with van der Waals surface area (Å²) >= 11 is 0. The SMILES string of the molecule is CC1=NN(c2ccccc2)C(=N)C1=Nc1ccc(OC(N)(N)CO)cc1. The molecule has 0 fully saturated rings. The van der Waals surface area contributed by atoms with E-state index >= 15 is 0 Å². The number of benzene rings is 2. The van der Waals surface area contributed by atoms with E-state index in [1.807, 2.05) is 37.3 Å². The number of aliphatic imine (C=N–C) groups is 1. The van der Waals surface area contributed by atoms with Crippen LogP contribution >= 0.6 is 0 Å². The summed E-state index contributed by atoms with van der Waals surface area (Å²) in [5.41, 5.74) is 13.7. The maximum Gasteiger partial charge on any atom is 0.236 e. The first kappa shape index (κ1) is 17.7. The van der Waals surface area contributed by atoms with Gasteiger partial charge < -0.3 is 9.84 Å². The molecule has 8 nitrogen and oxygen atoms in total. The van der Waals surface area contributed by atoms with Gasteiger partial charge in [0.05, 0.1) is 17.1 Å². The van der Waals surface area contributed by atoms with Crippen molar-refractivity contribution >= 4 is 28.6 Å². The molecule has 0 saturated heterocycles. The molecule has 2 aromatic rings. The number of hydrazone groups is 1. The number of rotatable bonds is 5. The highest BCUT2D eigenvalue weighted by Gasteiger charge is 2.27. The number of hydrogen-bond donors (Lipinski definition) is 4. The van der Waals surface area contributed by atoms with Gasteiger partial charge in [0.1, 0.15) is 18.1 Å². The Morgan fingerprint density at radius 3 is 2.42 bits per heavy atom. The number of nitrogens with zero attached hydrogens (tertiary/aromatic N) is 3. The van der Waals surface area contributed by atoms with Crippen LogP contribution in [0.3, 0.4) is 0 Å². The molecule has 0 bridgehead atoms. The summed E-state index contributed by atoms with van der Waals surface area (Å²) in [6.45, 7) is 1.30. The molecular weight excluding hydrogens is 332 g/mol. The Bertz CT molecular complexity index is 859. The fourth-order valence-corrected chi connectivity index (χ4v) is 2.38. The van der Waals surface area contributed by atoms with Gasteiger partial charge in [-0.05, 0) is 43.3 Å². The van der Waals surface area contributed by atoms with Gasteiger partial charge in [-0.15, -0.1) is 0 Å². The second-order valence-corrected chi connectivity index (χ2v) is 5.85. The number of ether oxygens (including phenoxy) is 1. The summed E-state index contributed by atoms with van der Waals surface area (Å²) in [5, 5.41) is 23.3. The zero-order chi connectivity index (χ0) is 18.7. The third kappa shape index (κ3) is 3.77. The van der Waals surface area contributed by atoms with Crippen molar-refractivity contribution in [3.8, 4) is 5.75 Å². The number of para-hydroxylation sites is 1. The summed E-state index contributed by atoms with van der Waals surface area (Å²) in [6.07, 6.45) is 0. The molecule has 26 heavy (non-hydrogen) atoms. The second kappa shape index (κ2) is 7.04. The van der Waals surface area contributed by atoms with Crippen LogP contribution < -0.4 is 21.2 Å². The second-order valence-electron chi connectivity index (χ2n) is 5.85. The first-order chi connectivity index (χ1) is 12.4. The highest BCUT2D eigenvalue weighted by Crippen LogP contribution is 2.23. The zero-order valence-electron chi connectivity index (χ0n) is 14.3. The number of hydrogen-bond acceptors (Lipinski definition) is 7. The quantitative estimate of drug-likeness (QED) is 0.606. The number of anilines is 1. The topological polar surface area (TPSA) is 133 Å². The van der Waals surface area contributed by atoms with E-state index in [2.05, 4.69) is 10.1 Å². The zero-order valence-corrected chi connectivity index (χ0v) is 14.3. The summed E-state index contributed by atoms with van der Waals surface area (Å²) < 4.78 is 5.28. The van der Waals surface area contributed by atoms with Gasteiger partial charge in [0, 0.05) is 0 Å².